The summed E-state index contributed by atoms with van der Waals surface area (Å²) in [4.78, 5) is 4.73. The molecule has 0 atom stereocenters. The van der Waals surface area contributed by atoms with Crippen LogP contribution in [0.1, 0.15) is 44.7 Å². The lowest BCUT2D eigenvalue weighted by Gasteiger charge is -2.25. The van der Waals surface area contributed by atoms with Crippen molar-refractivity contribution in [2.24, 2.45) is 4.99 Å². The smallest absolute Gasteiger partial charge is 0.201 e. The number of anilines is 1. The maximum atomic E-state index is 11.3. The summed E-state index contributed by atoms with van der Waals surface area (Å²) in [6.07, 6.45) is 2.55. The molecule has 0 unspecified atom stereocenters. The third-order valence-electron chi connectivity index (χ3n) is 5.30. The maximum Gasteiger partial charge on any atom is 0.201 e. The Morgan fingerprint density at radius 2 is 1.93 bits per heavy atom. The van der Waals surface area contributed by atoms with Gasteiger partial charge in [-0.25, -0.2) is 0 Å². The lowest BCUT2D eigenvalue weighted by atomic mass is 10.1. The molecule has 1 saturated heterocycles. The summed E-state index contributed by atoms with van der Waals surface area (Å²) < 4.78 is 13.2. The molecule has 2 aliphatic rings. The molecule has 0 amide bonds. The van der Waals surface area contributed by atoms with Crippen molar-refractivity contribution in [3.8, 4) is 5.88 Å². The molecule has 0 aliphatic carbocycles. The Kier molecular flexibility index (Phi) is 5.36. The summed E-state index contributed by atoms with van der Waals surface area (Å²) in [6.45, 7) is 7.66. The molecule has 1 aromatic carbocycles. The summed E-state index contributed by atoms with van der Waals surface area (Å²) >= 11 is 0. The van der Waals surface area contributed by atoms with Crippen LogP contribution >= 0.6 is 0 Å². The Morgan fingerprint density at radius 3 is 2.70 bits per heavy atom. The first-order valence-corrected chi connectivity index (χ1v) is 9.98. The van der Waals surface area contributed by atoms with Crippen molar-refractivity contribution >= 4 is 22.3 Å². The first-order valence-electron chi connectivity index (χ1n) is 9.98. The highest BCUT2D eigenvalue weighted by atomic mass is 16.5. The highest BCUT2D eigenvalue weighted by Gasteiger charge is 2.27. The number of nitrogens with one attached hydrogen (secondary N) is 1. The average Bonchev–Trinajstić information content (AvgIpc) is 2.80. The van der Waals surface area contributed by atoms with Crippen molar-refractivity contribution in [2.45, 2.75) is 45.2 Å². The number of fused-ring (bicyclic) bond motifs is 1. The third-order valence-corrected chi connectivity index (χ3v) is 5.30. The Balaban J connectivity index is 1.87. The molecule has 0 saturated carbocycles. The van der Waals surface area contributed by atoms with Gasteiger partial charge in [-0.2, -0.15) is 0 Å². The van der Waals surface area contributed by atoms with E-state index in [0.717, 1.165) is 60.3 Å². The largest absolute Gasteiger partial charge is 0.494 e. The van der Waals surface area contributed by atoms with E-state index >= 15 is 0 Å². The van der Waals surface area contributed by atoms with Gasteiger partial charge in [-0.05, 0) is 44.9 Å². The molecule has 1 aromatic heterocycles. The molecular formula is C21H29N3O3. The summed E-state index contributed by atoms with van der Waals surface area (Å²) in [5, 5.41) is 15.8. The quantitative estimate of drug-likeness (QED) is 0.859. The van der Waals surface area contributed by atoms with E-state index in [1.54, 1.807) is 0 Å². The number of nitrogens with zero attached hydrogens (tertiary/aromatic N) is 2. The SMILES string of the molecule is CC(C)Nc1ccc2c(c1)c(C1=NCCOCC1)c(O)n2C1CCOCC1. The molecular weight excluding hydrogens is 342 g/mol. The highest BCUT2D eigenvalue weighted by molar-refractivity contribution is 6.14. The zero-order valence-corrected chi connectivity index (χ0v) is 16.2. The van der Waals surface area contributed by atoms with E-state index in [1.807, 2.05) is 0 Å². The summed E-state index contributed by atoms with van der Waals surface area (Å²) in [6, 6.07) is 6.96. The van der Waals surface area contributed by atoms with E-state index < -0.39 is 0 Å². The van der Waals surface area contributed by atoms with Crippen LogP contribution < -0.4 is 5.32 Å². The average molecular weight is 371 g/mol. The van der Waals surface area contributed by atoms with Gasteiger partial charge in [-0.1, -0.05) is 0 Å². The molecule has 3 heterocycles. The third kappa shape index (κ3) is 3.69. The fourth-order valence-electron chi connectivity index (χ4n) is 4.12. The molecule has 6 heteroatoms. The van der Waals surface area contributed by atoms with Gasteiger partial charge in [0.15, 0.2) is 0 Å². The van der Waals surface area contributed by atoms with Gasteiger partial charge in [0.2, 0.25) is 5.88 Å². The minimum Gasteiger partial charge on any atom is -0.494 e. The number of benzene rings is 1. The minimum atomic E-state index is 0.251. The van der Waals surface area contributed by atoms with Crippen molar-refractivity contribution in [1.29, 1.82) is 0 Å². The molecule has 0 bridgehead atoms. The fourth-order valence-corrected chi connectivity index (χ4v) is 4.12. The van der Waals surface area contributed by atoms with Crippen LogP contribution in [0.2, 0.25) is 0 Å². The zero-order valence-electron chi connectivity index (χ0n) is 16.2. The second kappa shape index (κ2) is 7.90. The predicted molar refractivity (Wildman–Crippen MR) is 108 cm³/mol. The van der Waals surface area contributed by atoms with Crippen LogP contribution in [-0.2, 0) is 9.47 Å². The standard InChI is InChI=1S/C21H29N3O3/c1-14(2)23-15-3-4-19-17(13-15)20(18-7-11-27-12-8-22-18)21(25)24(19)16-5-9-26-10-6-16/h3-4,13-14,16,23,25H,5-12H2,1-2H3. The second-order valence-electron chi connectivity index (χ2n) is 7.63. The number of ether oxygens (including phenoxy) is 2. The number of aromatic nitrogens is 1. The Labute approximate surface area is 160 Å². The summed E-state index contributed by atoms with van der Waals surface area (Å²) in [7, 11) is 0. The lowest BCUT2D eigenvalue weighted by molar-refractivity contribution is 0.0688. The van der Waals surface area contributed by atoms with Crippen molar-refractivity contribution in [2.75, 3.05) is 38.3 Å². The van der Waals surface area contributed by atoms with Gasteiger partial charge in [0.05, 0.1) is 36.6 Å². The van der Waals surface area contributed by atoms with Crippen LogP contribution in [0.15, 0.2) is 23.2 Å². The van der Waals surface area contributed by atoms with E-state index in [-0.39, 0.29) is 6.04 Å². The molecule has 4 rings (SSSR count). The van der Waals surface area contributed by atoms with Crippen LogP contribution in [0.3, 0.4) is 0 Å². The van der Waals surface area contributed by atoms with Crippen LogP contribution in [0.5, 0.6) is 5.88 Å². The Hall–Kier alpha value is -2.05. The molecule has 2 N–H and O–H groups in total. The van der Waals surface area contributed by atoms with E-state index in [1.165, 1.54) is 0 Å². The van der Waals surface area contributed by atoms with Crippen molar-refractivity contribution < 1.29 is 14.6 Å². The van der Waals surface area contributed by atoms with Gasteiger partial charge in [0.1, 0.15) is 0 Å². The number of aliphatic imine (C=N–C) groups is 1. The van der Waals surface area contributed by atoms with Gasteiger partial charge in [0.25, 0.3) is 0 Å². The van der Waals surface area contributed by atoms with Gasteiger partial charge < -0.3 is 24.5 Å². The summed E-state index contributed by atoms with van der Waals surface area (Å²) in [5.74, 6) is 0.333. The fraction of sp³-hybridized carbons (Fsp3) is 0.571. The van der Waals surface area contributed by atoms with Crippen molar-refractivity contribution in [1.82, 2.24) is 4.57 Å². The maximum absolute atomic E-state index is 11.3. The number of rotatable bonds is 4. The number of hydrogen-bond donors (Lipinski definition) is 2. The van der Waals surface area contributed by atoms with E-state index in [4.69, 9.17) is 14.5 Å². The molecule has 1 fully saturated rings. The summed E-state index contributed by atoms with van der Waals surface area (Å²) in [5.41, 5.74) is 3.95. The first kappa shape index (κ1) is 18.3. The predicted octanol–water partition coefficient (Wildman–Crippen LogP) is 3.73. The van der Waals surface area contributed by atoms with E-state index in [2.05, 4.69) is 41.9 Å². The lowest BCUT2D eigenvalue weighted by Crippen LogP contribution is -2.19. The molecule has 0 radical (unpaired) electrons. The number of hydrogen-bond acceptors (Lipinski definition) is 5. The minimum absolute atomic E-state index is 0.251. The van der Waals surface area contributed by atoms with Crippen molar-refractivity contribution in [3.63, 3.8) is 0 Å². The van der Waals surface area contributed by atoms with E-state index in [0.29, 0.717) is 31.7 Å². The topological polar surface area (TPSA) is 68.0 Å². The second-order valence-corrected chi connectivity index (χ2v) is 7.63. The van der Waals surface area contributed by atoms with Crippen LogP contribution in [0.4, 0.5) is 5.69 Å². The first-order chi connectivity index (χ1) is 13.1. The highest BCUT2D eigenvalue weighted by Crippen LogP contribution is 2.39. The Bertz CT molecular complexity index is 835. The molecule has 2 aromatic rings. The molecule has 146 valence electrons. The normalized spacial score (nSPS) is 19.3. The van der Waals surface area contributed by atoms with Gasteiger partial charge in [0, 0.05) is 42.8 Å². The van der Waals surface area contributed by atoms with Crippen molar-refractivity contribution in [3.05, 3.63) is 23.8 Å². The molecule has 2 aliphatic heterocycles. The zero-order chi connectivity index (χ0) is 18.8. The molecule has 6 nitrogen and oxygen atoms in total. The molecule has 0 spiro atoms. The monoisotopic (exact) mass is 371 g/mol. The van der Waals surface area contributed by atoms with Crippen LogP contribution in [-0.4, -0.2) is 54.4 Å². The van der Waals surface area contributed by atoms with Crippen LogP contribution in [0.25, 0.3) is 10.9 Å². The van der Waals surface area contributed by atoms with E-state index in [9.17, 15) is 5.11 Å². The van der Waals surface area contributed by atoms with Gasteiger partial charge in [-0.15, -0.1) is 0 Å². The van der Waals surface area contributed by atoms with Gasteiger partial charge in [-0.3, -0.25) is 4.99 Å². The Morgan fingerprint density at radius 1 is 1.15 bits per heavy atom. The van der Waals surface area contributed by atoms with Gasteiger partial charge >= 0.3 is 0 Å². The molecule has 27 heavy (non-hydrogen) atoms. The van der Waals surface area contributed by atoms with Crippen LogP contribution in [0, 0.1) is 0 Å². The number of aromatic hydroxyl groups is 1.